The van der Waals surface area contributed by atoms with Crippen molar-refractivity contribution in [1.82, 2.24) is 0 Å². The molecule has 3 heteroatoms. The molecule has 0 saturated heterocycles. The van der Waals surface area contributed by atoms with E-state index in [4.69, 9.17) is 0 Å². The Hall–Kier alpha value is -0.310. The molecule has 0 amide bonds. The van der Waals surface area contributed by atoms with Gasteiger partial charge < -0.3 is 0 Å². The molecule has 40 valence electrons. The molecule has 0 aromatic heterocycles. The first-order valence-electron chi connectivity index (χ1n) is 1.94. The van der Waals surface area contributed by atoms with Gasteiger partial charge >= 0.3 is 0 Å². The molecule has 0 radical (unpaired) electrons. The third kappa shape index (κ3) is 3.52. The normalized spacial score (nSPS) is 8.14. The van der Waals surface area contributed by atoms with Crippen LogP contribution >= 0.6 is 11.8 Å². The summed E-state index contributed by atoms with van der Waals surface area (Å²) in [4.78, 5) is 19.7. The zero-order valence-electron chi connectivity index (χ0n) is 4.01. The Morgan fingerprint density at radius 1 is 1.86 bits per heavy atom. The molecule has 0 spiro atoms. The zero-order valence-corrected chi connectivity index (χ0v) is 4.83. The first kappa shape index (κ1) is 6.69. The molecule has 0 heterocycles. The summed E-state index contributed by atoms with van der Waals surface area (Å²) < 4.78 is 0. The van der Waals surface area contributed by atoms with Gasteiger partial charge in [0.2, 0.25) is 0 Å². The van der Waals surface area contributed by atoms with E-state index in [-0.39, 0.29) is 5.12 Å². The lowest BCUT2D eigenvalue weighted by Gasteiger charge is -1.80. The SMILES string of the molecule is CCC(=O)SC=O. The van der Waals surface area contributed by atoms with Crippen LogP contribution in [0.1, 0.15) is 13.3 Å². The van der Waals surface area contributed by atoms with Crippen molar-refractivity contribution in [3.05, 3.63) is 0 Å². The quantitative estimate of drug-likeness (QED) is 0.504. The molecule has 0 bridgehead atoms. The van der Waals surface area contributed by atoms with Crippen molar-refractivity contribution in [2.75, 3.05) is 0 Å². The first-order chi connectivity index (χ1) is 3.31. The predicted octanol–water partition coefficient (Wildman–Crippen LogP) is 0.846. The standard InChI is InChI=1S/C4H6O2S/c1-2-4(6)7-3-5/h3H,2H2,1H3. The maximum absolute atomic E-state index is 10.1. The molecule has 0 unspecified atom stereocenters. The minimum Gasteiger partial charge on any atom is -0.290 e. The highest BCUT2D eigenvalue weighted by molar-refractivity contribution is 8.24. The van der Waals surface area contributed by atoms with Crippen molar-refractivity contribution in [3.8, 4) is 0 Å². The summed E-state index contributed by atoms with van der Waals surface area (Å²) in [6.07, 6.45) is 0.434. The van der Waals surface area contributed by atoms with Crippen LogP contribution in [0.4, 0.5) is 0 Å². The van der Waals surface area contributed by atoms with E-state index in [9.17, 15) is 9.59 Å². The average Bonchev–Trinajstić information content (AvgIpc) is 1.68. The van der Waals surface area contributed by atoms with Crippen molar-refractivity contribution in [1.29, 1.82) is 0 Å². The molecule has 0 aliphatic heterocycles. The van der Waals surface area contributed by atoms with Crippen LogP contribution in [0.5, 0.6) is 0 Å². The molecular weight excluding hydrogens is 112 g/mol. The molecule has 0 fully saturated rings. The van der Waals surface area contributed by atoms with Crippen LogP contribution < -0.4 is 0 Å². The fourth-order valence-corrected chi connectivity index (χ4v) is 0.411. The fourth-order valence-electron chi connectivity index (χ4n) is 0.137. The Kier molecular flexibility index (Phi) is 3.69. The van der Waals surface area contributed by atoms with Crippen LogP contribution in [0, 0.1) is 0 Å². The first-order valence-corrected chi connectivity index (χ1v) is 2.82. The van der Waals surface area contributed by atoms with E-state index >= 15 is 0 Å². The molecule has 0 rings (SSSR count). The lowest BCUT2D eigenvalue weighted by atomic mass is 10.6. The lowest BCUT2D eigenvalue weighted by Crippen LogP contribution is -1.84. The van der Waals surface area contributed by atoms with Gasteiger partial charge in [0.1, 0.15) is 0 Å². The Morgan fingerprint density at radius 2 is 2.43 bits per heavy atom. The largest absolute Gasteiger partial charge is 0.290 e. The van der Waals surface area contributed by atoms with E-state index in [1.54, 1.807) is 6.92 Å². The van der Waals surface area contributed by atoms with E-state index in [0.29, 0.717) is 23.8 Å². The van der Waals surface area contributed by atoms with Gasteiger partial charge in [-0.2, -0.15) is 0 Å². The lowest BCUT2D eigenvalue weighted by molar-refractivity contribution is -0.110. The van der Waals surface area contributed by atoms with E-state index < -0.39 is 0 Å². The Bertz CT molecular complexity index is 79.8. The van der Waals surface area contributed by atoms with Gasteiger partial charge in [-0.3, -0.25) is 9.59 Å². The summed E-state index contributed by atoms with van der Waals surface area (Å²) in [5, 5.41) is -0.0741. The topological polar surface area (TPSA) is 34.1 Å². The van der Waals surface area contributed by atoms with E-state index in [2.05, 4.69) is 0 Å². The third-order valence-corrected chi connectivity index (χ3v) is 1.12. The van der Waals surface area contributed by atoms with Crippen LogP contribution in [0.15, 0.2) is 0 Å². The van der Waals surface area contributed by atoms with Crippen LogP contribution in [-0.4, -0.2) is 10.7 Å². The number of carbonyl (C=O) groups is 2. The zero-order chi connectivity index (χ0) is 5.70. The van der Waals surface area contributed by atoms with Crippen LogP contribution in [0.2, 0.25) is 0 Å². The van der Waals surface area contributed by atoms with E-state index in [1.807, 2.05) is 0 Å². The highest BCUT2D eigenvalue weighted by atomic mass is 32.2. The third-order valence-electron chi connectivity index (χ3n) is 0.468. The molecular formula is C4H6O2S. The summed E-state index contributed by atoms with van der Waals surface area (Å²) >= 11 is 0.712. The number of hydrogen-bond acceptors (Lipinski definition) is 3. The fraction of sp³-hybridized carbons (Fsp3) is 0.500. The minimum absolute atomic E-state index is 0.0741. The summed E-state index contributed by atoms with van der Waals surface area (Å²) in [6, 6.07) is 0. The highest BCUT2D eigenvalue weighted by Gasteiger charge is 1.92. The van der Waals surface area contributed by atoms with Gasteiger partial charge in [0.05, 0.1) is 0 Å². The molecule has 0 atom stereocenters. The Morgan fingerprint density at radius 3 is 2.57 bits per heavy atom. The molecule has 0 saturated carbocycles. The second-order valence-electron chi connectivity index (χ2n) is 0.940. The molecule has 0 aliphatic rings. The number of hydrogen-bond donors (Lipinski definition) is 0. The van der Waals surface area contributed by atoms with E-state index in [0.717, 1.165) is 0 Å². The van der Waals surface area contributed by atoms with Crippen LogP contribution in [-0.2, 0) is 9.59 Å². The van der Waals surface area contributed by atoms with Crippen molar-refractivity contribution in [2.45, 2.75) is 13.3 Å². The van der Waals surface area contributed by atoms with Crippen molar-refractivity contribution in [3.63, 3.8) is 0 Å². The molecule has 2 nitrogen and oxygen atoms in total. The van der Waals surface area contributed by atoms with Gasteiger partial charge in [-0.05, 0) is 11.8 Å². The van der Waals surface area contributed by atoms with E-state index in [1.165, 1.54) is 0 Å². The maximum Gasteiger partial charge on any atom is 0.195 e. The average molecular weight is 118 g/mol. The van der Waals surface area contributed by atoms with Gasteiger partial charge in [-0.25, -0.2) is 0 Å². The highest BCUT2D eigenvalue weighted by Crippen LogP contribution is 1.97. The minimum atomic E-state index is -0.0741. The molecule has 0 N–H and O–H groups in total. The second-order valence-corrected chi connectivity index (χ2v) is 1.82. The van der Waals surface area contributed by atoms with Crippen molar-refractivity contribution < 1.29 is 9.59 Å². The van der Waals surface area contributed by atoms with Crippen LogP contribution in [0.25, 0.3) is 0 Å². The van der Waals surface area contributed by atoms with Crippen molar-refractivity contribution >= 4 is 22.5 Å². The molecule has 7 heavy (non-hydrogen) atoms. The number of thioether (sulfide) groups is 1. The summed E-state index contributed by atoms with van der Waals surface area (Å²) in [5.41, 5.74) is 0.547. The molecule has 0 aliphatic carbocycles. The number of rotatable bonds is 2. The Balaban J connectivity index is 3.17. The van der Waals surface area contributed by atoms with Gasteiger partial charge in [-0.1, -0.05) is 6.92 Å². The van der Waals surface area contributed by atoms with Gasteiger partial charge in [-0.15, -0.1) is 0 Å². The molecule has 0 aromatic rings. The smallest absolute Gasteiger partial charge is 0.195 e. The summed E-state index contributed by atoms with van der Waals surface area (Å²) in [6.45, 7) is 1.72. The molecule has 0 aromatic carbocycles. The Labute approximate surface area is 46.3 Å². The van der Waals surface area contributed by atoms with Gasteiger partial charge in [0, 0.05) is 6.42 Å². The number of carbonyl (C=O) groups excluding carboxylic acids is 2. The van der Waals surface area contributed by atoms with Gasteiger partial charge in [0.15, 0.2) is 10.7 Å². The van der Waals surface area contributed by atoms with Crippen LogP contribution in [0.3, 0.4) is 0 Å². The predicted molar refractivity (Wildman–Crippen MR) is 29.6 cm³/mol. The van der Waals surface area contributed by atoms with Gasteiger partial charge in [0.25, 0.3) is 0 Å². The maximum atomic E-state index is 10.1. The monoisotopic (exact) mass is 118 g/mol. The second kappa shape index (κ2) is 3.87. The summed E-state index contributed by atoms with van der Waals surface area (Å²) in [5.74, 6) is 0. The summed E-state index contributed by atoms with van der Waals surface area (Å²) in [7, 11) is 0. The van der Waals surface area contributed by atoms with Crippen molar-refractivity contribution in [2.24, 2.45) is 0 Å².